The molecule has 0 heterocycles. The van der Waals surface area contributed by atoms with Crippen LogP contribution in [0.4, 0.5) is 0 Å². The fraction of sp³-hybridized carbons (Fsp3) is 0.462. The maximum atomic E-state index is 10.8. The Kier molecular flexibility index (Phi) is 8.60. The minimum Gasteiger partial charge on any atom is -0.372 e. The summed E-state index contributed by atoms with van der Waals surface area (Å²) < 4.78 is 41.3. The van der Waals surface area contributed by atoms with Gasteiger partial charge in [-0.2, -0.15) is 8.42 Å². The molecular weight excluding hydrogens is 472 g/mol. The van der Waals surface area contributed by atoms with E-state index >= 15 is 0 Å². The van der Waals surface area contributed by atoms with Crippen LogP contribution < -0.4 is 15.2 Å². The van der Waals surface area contributed by atoms with Gasteiger partial charge in [-0.05, 0) is 56.0 Å². The first-order chi connectivity index (χ1) is 11.1. The summed E-state index contributed by atoms with van der Waals surface area (Å²) in [7, 11) is -4.64. The first-order valence-corrected chi connectivity index (χ1v) is 9.81. The Balaban J connectivity index is 2.78. The van der Waals surface area contributed by atoms with Gasteiger partial charge in [-0.3, -0.25) is 9.35 Å². The zero-order valence-electron chi connectivity index (χ0n) is 12.8. The number of carbonyl (C=O) groups excluding carboxylic acids is 1. The molecule has 0 saturated carbocycles. The first-order valence-electron chi connectivity index (χ1n) is 6.86. The Hall–Kier alpha value is -0.720. The quantitative estimate of drug-likeness (QED) is 0.357. The lowest BCUT2D eigenvalue weighted by molar-refractivity contribution is -0.119. The molecule has 11 heteroatoms. The molecule has 1 atom stereocenters. The van der Waals surface area contributed by atoms with Crippen molar-refractivity contribution < 1.29 is 26.7 Å². The summed E-state index contributed by atoms with van der Waals surface area (Å²) in [6.07, 6.45) is 0.206. The molecule has 136 valence electrons. The molecule has 0 unspecified atom stereocenters. The highest BCUT2D eigenvalue weighted by molar-refractivity contribution is 9.11. The fourth-order valence-electron chi connectivity index (χ4n) is 1.81. The van der Waals surface area contributed by atoms with Crippen LogP contribution in [0.15, 0.2) is 21.1 Å². The first kappa shape index (κ1) is 21.3. The lowest BCUT2D eigenvalue weighted by Crippen LogP contribution is -2.23. The van der Waals surface area contributed by atoms with Crippen LogP contribution >= 0.6 is 31.9 Å². The van der Waals surface area contributed by atoms with E-state index in [-0.39, 0.29) is 18.2 Å². The predicted molar refractivity (Wildman–Crippen MR) is 95.1 cm³/mol. The molecule has 1 aromatic carbocycles. The van der Waals surface area contributed by atoms with E-state index in [0.717, 1.165) is 0 Å². The van der Waals surface area contributed by atoms with E-state index in [0.29, 0.717) is 34.1 Å². The number of nitrogens with one attached hydrogen (secondary N) is 1. The third kappa shape index (κ3) is 7.45. The number of hydrogen-bond donors (Lipinski definition) is 3. The lowest BCUT2D eigenvalue weighted by atomic mass is 10.1. The summed E-state index contributed by atoms with van der Waals surface area (Å²) in [6, 6.07) is 3.19. The zero-order valence-corrected chi connectivity index (χ0v) is 16.8. The maximum Gasteiger partial charge on any atom is 0.446 e. The van der Waals surface area contributed by atoms with Crippen molar-refractivity contribution in [3.8, 4) is 5.75 Å². The van der Waals surface area contributed by atoms with E-state index in [1.807, 2.05) is 0 Å². The number of hydrogen-bond acceptors (Lipinski definition) is 6. The predicted octanol–water partition coefficient (Wildman–Crippen LogP) is 1.94. The molecule has 0 aromatic heterocycles. The van der Waals surface area contributed by atoms with Crippen LogP contribution in [0.5, 0.6) is 5.75 Å². The van der Waals surface area contributed by atoms with Gasteiger partial charge in [0.25, 0.3) is 0 Å². The van der Waals surface area contributed by atoms with Gasteiger partial charge in [0.15, 0.2) is 5.75 Å². The van der Waals surface area contributed by atoms with Gasteiger partial charge < -0.3 is 20.0 Å². The van der Waals surface area contributed by atoms with E-state index < -0.39 is 16.5 Å². The molecule has 8 nitrogen and oxygen atoms in total. The topological polar surface area (TPSA) is 128 Å². The molecular formula is C13H18Br2N2O6S. The normalized spacial score (nSPS) is 12.7. The van der Waals surface area contributed by atoms with E-state index in [1.54, 1.807) is 12.1 Å². The average Bonchev–Trinajstić information content (AvgIpc) is 2.45. The zero-order chi connectivity index (χ0) is 18.3. The van der Waals surface area contributed by atoms with Crippen LogP contribution in [0.1, 0.15) is 25.0 Å². The maximum absolute atomic E-state index is 10.8. The lowest BCUT2D eigenvalue weighted by Gasteiger charge is -2.18. The second kappa shape index (κ2) is 9.68. The highest BCUT2D eigenvalue weighted by Crippen LogP contribution is 2.37. The van der Waals surface area contributed by atoms with Crippen molar-refractivity contribution in [2.24, 2.45) is 5.73 Å². The average molecular weight is 490 g/mol. The van der Waals surface area contributed by atoms with Gasteiger partial charge in [-0.1, -0.05) is 0 Å². The van der Waals surface area contributed by atoms with Crippen LogP contribution in [0.3, 0.4) is 0 Å². The number of halogens is 2. The third-order valence-electron chi connectivity index (χ3n) is 2.81. The van der Waals surface area contributed by atoms with Crippen LogP contribution in [0.2, 0.25) is 0 Å². The summed E-state index contributed by atoms with van der Waals surface area (Å²) in [6.45, 7) is 2.54. The summed E-state index contributed by atoms with van der Waals surface area (Å²) in [5.74, 6) is -0.185. The van der Waals surface area contributed by atoms with Gasteiger partial charge in [0.1, 0.15) is 0 Å². The van der Waals surface area contributed by atoms with Crippen LogP contribution in [0, 0.1) is 0 Å². The Bertz CT molecular complexity index is 660. The summed E-state index contributed by atoms with van der Waals surface area (Å²) in [5, 5.41) is 2.66. The van der Waals surface area contributed by atoms with E-state index in [9.17, 15) is 13.2 Å². The van der Waals surface area contributed by atoms with Crippen molar-refractivity contribution in [1.29, 1.82) is 0 Å². The van der Waals surface area contributed by atoms with Crippen molar-refractivity contribution in [3.63, 3.8) is 0 Å². The third-order valence-corrected chi connectivity index (χ3v) is 4.36. The molecule has 1 rings (SSSR count). The summed E-state index contributed by atoms with van der Waals surface area (Å²) >= 11 is 6.37. The Morgan fingerprint density at radius 1 is 1.38 bits per heavy atom. The van der Waals surface area contributed by atoms with Crippen molar-refractivity contribution in [3.05, 3.63) is 26.6 Å². The smallest absolute Gasteiger partial charge is 0.372 e. The van der Waals surface area contributed by atoms with Gasteiger partial charge in [0.05, 0.1) is 15.0 Å². The fourth-order valence-corrected chi connectivity index (χ4v) is 3.80. The molecule has 0 aliphatic carbocycles. The number of amides is 1. The van der Waals surface area contributed by atoms with Crippen LogP contribution in [-0.4, -0.2) is 38.6 Å². The van der Waals surface area contributed by atoms with E-state index in [2.05, 4.69) is 41.4 Å². The van der Waals surface area contributed by atoms with Gasteiger partial charge >= 0.3 is 10.4 Å². The minimum atomic E-state index is -4.64. The molecule has 4 N–H and O–H groups in total. The van der Waals surface area contributed by atoms with Gasteiger partial charge in [0, 0.05) is 26.6 Å². The van der Waals surface area contributed by atoms with Crippen LogP contribution in [-0.2, 0) is 19.9 Å². The summed E-state index contributed by atoms with van der Waals surface area (Å²) in [4.78, 5) is 10.8. The monoisotopic (exact) mass is 488 g/mol. The molecule has 0 aliphatic rings. The SMILES string of the molecule is CC(=O)NCCCO[C@@H](CN)c1cc(Br)c(OS(=O)(=O)O)c(Br)c1. The number of ether oxygens (including phenoxy) is 1. The summed E-state index contributed by atoms with van der Waals surface area (Å²) in [5.41, 5.74) is 6.41. The number of benzene rings is 1. The molecule has 1 amide bonds. The van der Waals surface area contributed by atoms with E-state index in [4.69, 9.17) is 15.0 Å². The van der Waals surface area contributed by atoms with Crippen molar-refractivity contribution in [1.82, 2.24) is 5.32 Å². The number of nitrogens with two attached hydrogens (primary N) is 1. The highest BCUT2D eigenvalue weighted by Gasteiger charge is 2.19. The number of rotatable bonds is 9. The highest BCUT2D eigenvalue weighted by atomic mass is 79.9. The van der Waals surface area contributed by atoms with E-state index in [1.165, 1.54) is 6.92 Å². The molecule has 0 radical (unpaired) electrons. The molecule has 0 spiro atoms. The van der Waals surface area contributed by atoms with Crippen molar-refractivity contribution in [2.75, 3.05) is 19.7 Å². The Labute approximate surface area is 157 Å². The Morgan fingerprint density at radius 3 is 2.42 bits per heavy atom. The molecule has 24 heavy (non-hydrogen) atoms. The molecule has 0 aliphatic heterocycles. The molecule has 0 fully saturated rings. The minimum absolute atomic E-state index is 0.0809. The second-order valence-electron chi connectivity index (χ2n) is 4.76. The van der Waals surface area contributed by atoms with Crippen molar-refractivity contribution in [2.45, 2.75) is 19.4 Å². The van der Waals surface area contributed by atoms with Gasteiger partial charge in [-0.15, -0.1) is 0 Å². The standard InChI is InChI=1S/C13H18Br2N2O6S/c1-8(18)17-3-2-4-22-12(7-16)9-5-10(14)13(11(15)6-9)23-24(19,20)21/h5-6,12H,2-4,7,16H2,1H3,(H,17,18)(H,19,20,21)/t12-/m0/s1. The number of carbonyl (C=O) groups is 1. The molecule has 1 aromatic rings. The largest absolute Gasteiger partial charge is 0.446 e. The Morgan fingerprint density at radius 2 is 1.96 bits per heavy atom. The van der Waals surface area contributed by atoms with Crippen molar-refractivity contribution >= 4 is 48.2 Å². The van der Waals surface area contributed by atoms with Crippen LogP contribution in [0.25, 0.3) is 0 Å². The second-order valence-corrected chi connectivity index (χ2v) is 7.49. The molecule has 0 bridgehead atoms. The molecule has 0 saturated heterocycles. The van der Waals surface area contributed by atoms with Gasteiger partial charge in [0.2, 0.25) is 5.91 Å². The van der Waals surface area contributed by atoms with Gasteiger partial charge in [-0.25, -0.2) is 0 Å².